The highest BCUT2D eigenvalue weighted by molar-refractivity contribution is 9.10. The Morgan fingerprint density at radius 3 is 2.67 bits per heavy atom. The second-order valence-electron chi connectivity index (χ2n) is 4.96. The van der Waals surface area contributed by atoms with Crippen molar-refractivity contribution < 1.29 is 4.39 Å². The van der Waals surface area contributed by atoms with Crippen LogP contribution in [0.1, 0.15) is 12.0 Å². The zero-order valence-corrected chi connectivity index (χ0v) is 12.4. The van der Waals surface area contributed by atoms with Crippen molar-refractivity contribution in [2.24, 2.45) is 0 Å². The van der Waals surface area contributed by atoms with E-state index in [0.29, 0.717) is 4.47 Å². The fourth-order valence-corrected chi connectivity index (χ4v) is 2.77. The predicted octanol–water partition coefficient (Wildman–Crippen LogP) is 2.77. The van der Waals surface area contributed by atoms with E-state index in [0.717, 1.165) is 51.1 Å². The Kier molecular flexibility index (Phi) is 5.15. The summed E-state index contributed by atoms with van der Waals surface area (Å²) in [4.78, 5) is 4.85. The molecule has 0 amide bonds. The smallest absolute Gasteiger partial charge is 0.137 e. The molecule has 1 heterocycles. The molecule has 0 aliphatic carbocycles. The quantitative estimate of drug-likeness (QED) is 0.843. The molecule has 4 heteroatoms. The predicted molar refractivity (Wildman–Crippen MR) is 76.4 cm³/mol. The molecule has 0 saturated carbocycles. The summed E-state index contributed by atoms with van der Waals surface area (Å²) in [6, 6.07) is 5.27. The van der Waals surface area contributed by atoms with Crippen LogP contribution in [0.25, 0.3) is 0 Å². The molecule has 2 nitrogen and oxygen atoms in total. The van der Waals surface area contributed by atoms with Crippen molar-refractivity contribution in [2.75, 3.05) is 39.8 Å². The number of piperazine rings is 1. The Labute approximate surface area is 117 Å². The van der Waals surface area contributed by atoms with Crippen molar-refractivity contribution >= 4 is 15.9 Å². The van der Waals surface area contributed by atoms with Crippen molar-refractivity contribution in [1.82, 2.24) is 9.80 Å². The number of hydrogen-bond donors (Lipinski definition) is 0. The van der Waals surface area contributed by atoms with Crippen molar-refractivity contribution in [3.05, 3.63) is 34.1 Å². The van der Waals surface area contributed by atoms with E-state index in [4.69, 9.17) is 0 Å². The van der Waals surface area contributed by atoms with Crippen LogP contribution in [0.15, 0.2) is 22.7 Å². The maximum Gasteiger partial charge on any atom is 0.137 e. The molecule has 1 aromatic rings. The highest BCUT2D eigenvalue weighted by Gasteiger charge is 2.13. The molecule has 0 radical (unpaired) electrons. The van der Waals surface area contributed by atoms with Gasteiger partial charge in [-0.05, 0) is 54.0 Å². The zero-order valence-electron chi connectivity index (χ0n) is 10.8. The van der Waals surface area contributed by atoms with Crippen molar-refractivity contribution in [1.29, 1.82) is 0 Å². The van der Waals surface area contributed by atoms with Gasteiger partial charge in [-0.15, -0.1) is 0 Å². The average Bonchev–Trinajstić information content (AvgIpc) is 2.37. The SMILES string of the molecule is CN1CCN(CCCc2cccc(F)c2Br)CC1. The van der Waals surface area contributed by atoms with E-state index in [2.05, 4.69) is 32.8 Å². The van der Waals surface area contributed by atoms with Gasteiger partial charge in [0, 0.05) is 26.2 Å². The summed E-state index contributed by atoms with van der Waals surface area (Å²) in [6.45, 7) is 5.73. The lowest BCUT2D eigenvalue weighted by molar-refractivity contribution is 0.153. The summed E-state index contributed by atoms with van der Waals surface area (Å²) in [6.07, 6.45) is 2.02. The van der Waals surface area contributed by atoms with Crippen LogP contribution in [-0.4, -0.2) is 49.6 Å². The monoisotopic (exact) mass is 314 g/mol. The average molecular weight is 315 g/mol. The number of halogens is 2. The van der Waals surface area contributed by atoms with Crippen LogP contribution in [0.2, 0.25) is 0 Å². The maximum atomic E-state index is 13.3. The highest BCUT2D eigenvalue weighted by Crippen LogP contribution is 2.21. The second-order valence-corrected chi connectivity index (χ2v) is 5.75. The fraction of sp³-hybridized carbons (Fsp3) is 0.571. The molecule has 1 aliphatic heterocycles. The lowest BCUT2D eigenvalue weighted by Crippen LogP contribution is -2.44. The molecule has 1 aliphatic rings. The first kappa shape index (κ1) is 14.0. The molecule has 0 spiro atoms. The highest BCUT2D eigenvalue weighted by atomic mass is 79.9. The molecule has 100 valence electrons. The van der Waals surface area contributed by atoms with Gasteiger partial charge in [0.2, 0.25) is 0 Å². The topological polar surface area (TPSA) is 6.48 Å². The van der Waals surface area contributed by atoms with Crippen LogP contribution >= 0.6 is 15.9 Å². The molecule has 2 rings (SSSR count). The Morgan fingerprint density at radius 2 is 1.94 bits per heavy atom. The van der Waals surface area contributed by atoms with Gasteiger partial charge in [-0.25, -0.2) is 4.39 Å². The minimum absolute atomic E-state index is 0.160. The number of rotatable bonds is 4. The van der Waals surface area contributed by atoms with Gasteiger partial charge in [-0.2, -0.15) is 0 Å². The first-order valence-electron chi connectivity index (χ1n) is 6.50. The third kappa shape index (κ3) is 3.77. The van der Waals surface area contributed by atoms with Crippen LogP contribution in [0, 0.1) is 5.82 Å². The summed E-state index contributed by atoms with van der Waals surface area (Å²) in [5.74, 6) is -0.160. The lowest BCUT2D eigenvalue weighted by Gasteiger charge is -2.32. The summed E-state index contributed by atoms with van der Waals surface area (Å²) in [5.41, 5.74) is 1.07. The van der Waals surface area contributed by atoms with E-state index < -0.39 is 0 Å². The fourth-order valence-electron chi connectivity index (χ4n) is 2.31. The van der Waals surface area contributed by atoms with Gasteiger partial charge in [0.1, 0.15) is 5.82 Å². The molecule has 0 bridgehead atoms. The van der Waals surface area contributed by atoms with Crippen LogP contribution < -0.4 is 0 Å². The van der Waals surface area contributed by atoms with Gasteiger partial charge < -0.3 is 9.80 Å². The summed E-state index contributed by atoms with van der Waals surface area (Å²) in [7, 11) is 2.17. The van der Waals surface area contributed by atoms with E-state index in [1.54, 1.807) is 6.07 Å². The second kappa shape index (κ2) is 6.64. The molecule has 18 heavy (non-hydrogen) atoms. The van der Waals surface area contributed by atoms with Crippen LogP contribution in [-0.2, 0) is 6.42 Å². The van der Waals surface area contributed by atoms with Crippen LogP contribution in [0.3, 0.4) is 0 Å². The third-order valence-electron chi connectivity index (χ3n) is 3.55. The van der Waals surface area contributed by atoms with E-state index in [1.807, 2.05) is 6.07 Å². The normalized spacial score (nSPS) is 18.2. The van der Waals surface area contributed by atoms with Crippen molar-refractivity contribution in [3.8, 4) is 0 Å². The molecule has 0 N–H and O–H groups in total. The van der Waals surface area contributed by atoms with E-state index >= 15 is 0 Å². The summed E-state index contributed by atoms with van der Waals surface area (Å²) in [5, 5.41) is 0. The standard InChI is InChI=1S/C14H20BrFN2/c1-17-8-10-18(11-9-17)7-3-5-12-4-2-6-13(16)14(12)15/h2,4,6H,3,5,7-11H2,1H3. The third-order valence-corrected chi connectivity index (χ3v) is 4.44. The Bertz CT molecular complexity index is 389. The number of benzene rings is 1. The van der Waals surface area contributed by atoms with Gasteiger partial charge in [0.25, 0.3) is 0 Å². The lowest BCUT2D eigenvalue weighted by atomic mass is 10.1. The van der Waals surface area contributed by atoms with Gasteiger partial charge in [0.05, 0.1) is 4.47 Å². The molecular weight excluding hydrogens is 295 g/mol. The summed E-state index contributed by atoms with van der Waals surface area (Å²) < 4.78 is 14.0. The van der Waals surface area contributed by atoms with Crippen molar-refractivity contribution in [2.45, 2.75) is 12.8 Å². The Balaban J connectivity index is 1.77. The molecule has 0 unspecified atom stereocenters. The number of nitrogens with zero attached hydrogens (tertiary/aromatic N) is 2. The first-order chi connectivity index (χ1) is 8.66. The van der Waals surface area contributed by atoms with E-state index in [9.17, 15) is 4.39 Å². The Morgan fingerprint density at radius 1 is 1.22 bits per heavy atom. The molecular formula is C14H20BrFN2. The number of aryl methyl sites for hydroxylation is 1. The van der Waals surface area contributed by atoms with Gasteiger partial charge in [-0.1, -0.05) is 12.1 Å². The molecule has 0 atom stereocenters. The van der Waals surface area contributed by atoms with E-state index in [-0.39, 0.29) is 5.82 Å². The minimum atomic E-state index is -0.160. The molecule has 1 aromatic carbocycles. The van der Waals surface area contributed by atoms with Gasteiger partial charge >= 0.3 is 0 Å². The Hall–Kier alpha value is -0.450. The number of hydrogen-bond acceptors (Lipinski definition) is 2. The largest absolute Gasteiger partial charge is 0.304 e. The molecule has 1 saturated heterocycles. The first-order valence-corrected chi connectivity index (χ1v) is 7.30. The number of likely N-dealkylation sites (N-methyl/N-ethyl adjacent to an activating group) is 1. The molecule has 1 fully saturated rings. The minimum Gasteiger partial charge on any atom is -0.304 e. The zero-order chi connectivity index (χ0) is 13.0. The summed E-state index contributed by atoms with van der Waals surface area (Å²) >= 11 is 3.32. The van der Waals surface area contributed by atoms with Crippen molar-refractivity contribution in [3.63, 3.8) is 0 Å². The maximum absolute atomic E-state index is 13.3. The van der Waals surface area contributed by atoms with Gasteiger partial charge in [0.15, 0.2) is 0 Å². The van der Waals surface area contributed by atoms with Crippen LogP contribution in [0.5, 0.6) is 0 Å². The molecule has 0 aromatic heterocycles. The van der Waals surface area contributed by atoms with Gasteiger partial charge in [-0.3, -0.25) is 0 Å². The van der Waals surface area contributed by atoms with E-state index in [1.165, 1.54) is 6.07 Å². The van der Waals surface area contributed by atoms with Crippen LogP contribution in [0.4, 0.5) is 4.39 Å².